The number of rotatable bonds is 3. The van der Waals surface area contributed by atoms with E-state index < -0.39 is 21.9 Å². The van der Waals surface area contributed by atoms with Crippen molar-refractivity contribution in [2.45, 2.75) is 12.5 Å². The summed E-state index contributed by atoms with van der Waals surface area (Å²) < 4.78 is 27.5. The van der Waals surface area contributed by atoms with E-state index >= 15 is 0 Å². The van der Waals surface area contributed by atoms with E-state index in [0.29, 0.717) is 13.0 Å². The van der Waals surface area contributed by atoms with E-state index in [1.807, 2.05) is 0 Å². The predicted molar refractivity (Wildman–Crippen MR) is 60.7 cm³/mol. The van der Waals surface area contributed by atoms with Crippen molar-refractivity contribution in [1.29, 1.82) is 0 Å². The average molecular weight is 277 g/mol. The number of amides is 1. The lowest BCUT2D eigenvalue weighted by atomic mass is 10.1. The van der Waals surface area contributed by atoms with Gasteiger partial charge in [0.15, 0.2) is 15.9 Å². The van der Waals surface area contributed by atoms with Crippen molar-refractivity contribution in [3.8, 4) is 0 Å². The van der Waals surface area contributed by atoms with Crippen LogP contribution in [0.3, 0.4) is 0 Å². The predicted octanol–water partition coefficient (Wildman–Crippen LogP) is -1.27. The molecule has 0 aromatic rings. The molecule has 0 saturated carbocycles. The van der Waals surface area contributed by atoms with Crippen molar-refractivity contribution < 1.29 is 27.9 Å². The summed E-state index contributed by atoms with van der Waals surface area (Å²) in [5.74, 6) is -1.25. The van der Waals surface area contributed by atoms with E-state index in [1.54, 1.807) is 0 Å². The second-order valence-corrected chi connectivity index (χ2v) is 6.93. The van der Waals surface area contributed by atoms with Crippen LogP contribution < -0.4 is 0 Å². The van der Waals surface area contributed by atoms with E-state index in [9.17, 15) is 18.0 Å². The standard InChI is InChI=1S/C10H15NO6S/c12-9-5-17-8(10(13)14)4-11(9)3-7-1-2-18(15,16)6-7/h7-8H,1-6H2,(H,13,14). The molecule has 18 heavy (non-hydrogen) atoms. The molecule has 102 valence electrons. The van der Waals surface area contributed by atoms with Gasteiger partial charge < -0.3 is 14.7 Å². The lowest BCUT2D eigenvalue weighted by molar-refractivity contribution is -0.165. The molecule has 0 aliphatic carbocycles. The highest BCUT2D eigenvalue weighted by atomic mass is 32.2. The number of sulfone groups is 1. The molecule has 2 unspecified atom stereocenters. The van der Waals surface area contributed by atoms with Gasteiger partial charge in [-0.25, -0.2) is 13.2 Å². The Morgan fingerprint density at radius 1 is 1.50 bits per heavy atom. The largest absolute Gasteiger partial charge is 0.479 e. The number of aliphatic carboxylic acids is 1. The monoisotopic (exact) mass is 277 g/mol. The Morgan fingerprint density at radius 2 is 2.22 bits per heavy atom. The highest BCUT2D eigenvalue weighted by molar-refractivity contribution is 7.91. The van der Waals surface area contributed by atoms with Crippen LogP contribution in [0.25, 0.3) is 0 Å². The van der Waals surface area contributed by atoms with E-state index in [0.717, 1.165) is 0 Å². The van der Waals surface area contributed by atoms with Crippen LogP contribution in [-0.4, -0.2) is 67.6 Å². The van der Waals surface area contributed by atoms with Gasteiger partial charge in [-0.05, 0) is 12.3 Å². The zero-order valence-electron chi connectivity index (χ0n) is 9.74. The second-order valence-electron chi connectivity index (χ2n) is 4.71. The molecule has 2 aliphatic rings. The molecule has 0 aromatic carbocycles. The van der Waals surface area contributed by atoms with Crippen LogP contribution in [0.5, 0.6) is 0 Å². The van der Waals surface area contributed by atoms with Crippen molar-refractivity contribution in [1.82, 2.24) is 4.90 Å². The second kappa shape index (κ2) is 4.85. The van der Waals surface area contributed by atoms with Crippen LogP contribution in [-0.2, 0) is 24.2 Å². The number of carboxylic acids is 1. The lowest BCUT2D eigenvalue weighted by Crippen LogP contribution is -2.51. The third-order valence-electron chi connectivity index (χ3n) is 3.23. The summed E-state index contributed by atoms with van der Waals surface area (Å²) in [5.41, 5.74) is 0. The first-order valence-corrected chi connectivity index (χ1v) is 7.52. The fourth-order valence-corrected chi connectivity index (χ4v) is 4.12. The highest BCUT2D eigenvalue weighted by Gasteiger charge is 2.35. The number of carbonyl (C=O) groups is 2. The third-order valence-corrected chi connectivity index (χ3v) is 5.06. The lowest BCUT2D eigenvalue weighted by Gasteiger charge is -2.32. The quantitative estimate of drug-likeness (QED) is 0.690. The van der Waals surface area contributed by atoms with E-state index in [-0.39, 0.29) is 36.5 Å². The van der Waals surface area contributed by atoms with Crippen LogP contribution in [0, 0.1) is 5.92 Å². The maximum atomic E-state index is 11.6. The molecule has 0 radical (unpaired) electrons. The molecule has 2 aliphatic heterocycles. The Balaban J connectivity index is 1.95. The molecule has 2 rings (SSSR count). The summed E-state index contributed by atoms with van der Waals surface area (Å²) in [4.78, 5) is 23.8. The Kier molecular flexibility index (Phi) is 3.58. The van der Waals surface area contributed by atoms with Gasteiger partial charge in [-0.15, -0.1) is 0 Å². The normalized spacial score (nSPS) is 31.6. The Morgan fingerprint density at radius 3 is 2.78 bits per heavy atom. The summed E-state index contributed by atoms with van der Waals surface area (Å²) >= 11 is 0. The number of carbonyl (C=O) groups excluding carboxylic acids is 1. The van der Waals surface area contributed by atoms with Crippen molar-refractivity contribution in [2.24, 2.45) is 5.92 Å². The first-order valence-electron chi connectivity index (χ1n) is 5.70. The molecule has 0 aromatic heterocycles. The fraction of sp³-hybridized carbons (Fsp3) is 0.800. The van der Waals surface area contributed by atoms with Crippen LogP contribution in [0.4, 0.5) is 0 Å². The molecular weight excluding hydrogens is 262 g/mol. The highest BCUT2D eigenvalue weighted by Crippen LogP contribution is 2.20. The summed E-state index contributed by atoms with van der Waals surface area (Å²) in [7, 11) is -2.98. The number of morpholine rings is 1. The van der Waals surface area contributed by atoms with E-state index in [2.05, 4.69) is 0 Å². The Bertz CT molecular complexity index is 459. The molecule has 7 nitrogen and oxygen atoms in total. The number of nitrogens with zero attached hydrogens (tertiary/aromatic N) is 1. The molecule has 1 N–H and O–H groups in total. The summed E-state index contributed by atoms with van der Waals surface area (Å²) in [6.45, 7) is 0.0341. The summed E-state index contributed by atoms with van der Waals surface area (Å²) in [6, 6.07) is 0. The van der Waals surface area contributed by atoms with Crippen LogP contribution >= 0.6 is 0 Å². The number of hydrogen-bond acceptors (Lipinski definition) is 5. The molecule has 2 saturated heterocycles. The van der Waals surface area contributed by atoms with Crippen LogP contribution in [0.1, 0.15) is 6.42 Å². The van der Waals surface area contributed by atoms with E-state index in [4.69, 9.17) is 9.84 Å². The van der Waals surface area contributed by atoms with Crippen molar-refractivity contribution >= 4 is 21.7 Å². The zero-order valence-corrected chi connectivity index (χ0v) is 10.6. The van der Waals surface area contributed by atoms with Gasteiger partial charge in [0.2, 0.25) is 5.91 Å². The van der Waals surface area contributed by atoms with Crippen molar-refractivity contribution in [2.75, 3.05) is 31.2 Å². The minimum atomic E-state index is -2.98. The number of hydrogen-bond donors (Lipinski definition) is 1. The molecule has 0 bridgehead atoms. The molecule has 2 atom stereocenters. The van der Waals surface area contributed by atoms with Gasteiger partial charge in [0.1, 0.15) is 6.61 Å². The fourth-order valence-electron chi connectivity index (χ4n) is 2.27. The van der Waals surface area contributed by atoms with E-state index in [1.165, 1.54) is 4.90 Å². The SMILES string of the molecule is O=C(O)C1CN(CC2CCS(=O)(=O)C2)C(=O)CO1. The Hall–Kier alpha value is -1.15. The molecule has 0 spiro atoms. The third kappa shape index (κ3) is 2.99. The summed E-state index contributed by atoms with van der Waals surface area (Å²) in [6.07, 6.45) is -0.481. The molecule has 2 heterocycles. The number of ether oxygens (including phenoxy) is 1. The molecule has 2 fully saturated rings. The minimum absolute atomic E-state index is 0.00921. The summed E-state index contributed by atoms with van der Waals surface area (Å²) in [5, 5.41) is 8.83. The first kappa shape index (κ1) is 13.3. The van der Waals surface area contributed by atoms with Gasteiger partial charge in [0.05, 0.1) is 18.1 Å². The van der Waals surface area contributed by atoms with Crippen molar-refractivity contribution in [3.05, 3.63) is 0 Å². The van der Waals surface area contributed by atoms with Gasteiger partial charge in [0, 0.05) is 6.54 Å². The average Bonchev–Trinajstić information content (AvgIpc) is 2.61. The van der Waals surface area contributed by atoms with Gasteiger partial charge in [-0.2, -0.15) is 0 Å². The van der Waals surface area contributed by atoms with Crippen molar-refractivity contribution in [3.63, 3.8) is 0 Å². The van der Waals surface area contributed by atoms with Gasteiger partial charge in [-0.1, -0.05) is 0 Å². The van der Waals surface area contributed by atoms with Gasteiger partial charge in [-0.3, -0.25) is 4.79 Å². The molecule has 8 heteroatoms. The molecule has 1 amide bonds. The van der Waals surface area contributed by atoms with Gasteiger partial charge >= 0.3 is 5.97 Å². The maximum absolute atomic E-state index is 11.6. The Labute approximate surface area is 105 Å². The van der Waals surface area contributed by atoms with Crippen LogP contribution in [0.2, 0.25) is 0 Å². The topological polar surface area (TPSA) is 101 Å². The first-order chi connectivity index (χ1) is 8.37. The van der Waals surface area contributed by atoms with Gasteiger partial charge in [0.25, 0.3) is 0 Å². The maximum Gasteiger partial charge on any atom is 0.334 e. The molecular formula is C10H15NO6S. The van der Waals surface area contributed by atoms with Crippen LogP contribution in [0.15, 0.2) is 0 Å². The minimum Gasteiger partial charge on any atom is -0.479 e. The smallest absolute Gasteiger partial charge is 0.334 e. The zero-order chi connectivity index (χ0) is 13.3. The number of carboxylic acid groups (broad SMARTS) is 1.